The van der Waals surface area contributed by atoms with Crippen LogP contribution in [0.15, 0.2) is 18.2 Å². The highest BCUT2D eigenvalue weighted by molar-refractivity contribution is 7.18. The lowest BCUT2D eigenvalue weighted by Gasteiger charge is -2.29. The second kappa shape index (κ2) is 7.57. The van der Waals surface area contributed by atoms with Gasteiger partial charge in [-0.05, 0) is 25.1 Å². The van der Waals surface area contributed by atoms with Gasteiger partial charge in [-0.2, -0.15) is 0 Å². The maximum absolute atomic E-state index is 12.2. The SMILES string of the molecule is C[C@H]1OCCN[C@@H]1C(=O)NCc1nc2cc(Cl)ccc2s1.Cl. The Bertz CT molecular complexity index is 665. The fraction of sp³-hybridized carbons (Fsp3) is 0.429. The predicted octanol–water partition coefficient (Wildman–Crippen LogP) is 2.36. The van der Waals surface area contributed by atoms with Crippen LogP contribution in [0.4, 0.5) is 0 Å². The van der Waals surface area contributed by atoms with Crippen molar-refractivity contribution in [1.29, 1.82) is 0 Å². The molecule has 2 heterocycles. The molecule has 120 valence electrons. The standard InChI is InChI=1S/C14H16ClN3O2S.ClH/c1-8-13(16-4-5-20-8)14(19)17-7-12-18-10-6-9(15)2-3-11(10)21-12;/h2-3,6,8,13,16H,4-5,7H2,1H3,(H,17,19);1H/t8-,13+;/m1./s1. The number of amides is 1. The minimum absolute atomic E-state index is 0. The van der Waals surface area contributed by atoms with Gasteiger partial charge in [0.25, 0.3) is 0 Å². The summed E-state index contributed by atoms with van der Waals surface area (Å²) in [6.07, 6.45) is -0.118. The van der Waals surface area contributed by atoms with Crippen LogP contribution in [0.5, 0.6) is 0 Å². The predicted molar refractivity (Wildman–Crippen MR) is 90.9 cm³/mol. The van der Waals surface area contributed by atoms with Crippen molar-refractivity contribution in [3.8, 4) is 0 Å². The van der Waals surface area contributed by atoms with Crippen LogP contribution >= 0.6 is 35.3 Å². The van der Waals surface area contributed by atoms with Gasteiger partial charge < -0.3 is 15.4 Å². The molecule has 1 aliphatic heterocycles. The molecule has 0 spiro atoms. The molecule has 22 heavy (non-hydrogen) atoms. The molecule has 1 fully saturated rings. The van der Waals surface area contributed by atoms with Gasteiger partial charge in [0.1, 0.15) is 11.0 Å². The van der Waals surface area contributed by atoms with Crippen molar-refractivity contribution >= 4 is 51.5 Å². The van der Waals surface area contributed by atoms with Gasteiger partial charge in [0.15, 0.2) is 0 Å². The van der Waals surface area contributed by atoms with Crippen molar-refractivity contribution < 1.29 is 9.53 Å². The van der Waals surface area contributed by atoms with Crippen LogP contribution in [-0.4, -0.2) is 36.2 Å². The number of aromatic nitrogens is 1. The van der Waals surface area contributed by atoms with E-state index in [1.165, 1.54) is 0 Å². The first-order valence-corrected chi connectivity index (χ1v) is 8.00. The van der Waals surface area contributed by atoms with Crippen molar-refractivity contribution in [1.82, 2.24) is 15.6 Å². The molecule has 2 aromatic rings. The molecule has 3 rings (SSSR count). The van der Waals surface area contributed by atoms with Crippen molar-refractivity contribution in [2.45, 2.75) is 25.6 Å². The van der Waals surface area contributed by atoms with E-state index < -0.39 is 0 Å². The van der Waals surface area contributed by atoms with E-state index in [2.05, 4.69) is 15.6 Å². The first-order chi connectivity index (χ1) is 10.1. The van der Waals surface area contributed by atoms with Crippen LogP contribution < -0.4 is 10.6 Å². The number of ether oxygens (including phenoxy) is 1. The number of hydrogen-bond acceptors (Lipinski definition) is 5. The minimum Gasteiger partial charge on any atom is -0.375 e. The molecule has 2 atom stereocenters. The van der Waals surface area contributed by atoms with Crippen molar-refractivity contribution in [3.05, 3.63) is 28.2 Å². The second-order valence-corrected chi connectivity index (χ2v) is 6.50. The van der Waals surface area contributed by atoms with E-state index in [-0.39, 0.29) is 30.5 Å². The van der Waals surface area contributed by atoms with Gasteiger partial charge in [0.2, 0.25) is 5.91 Å². The topological polar surface area (TPSA) is 63.2 Å². The lowest BCUT2D eigenvalue weighted by molar-refractivity contribution is -0.129. The van der Waals surface area contributed by atoms with Gasteiger partial charge in [-0.3, -0.25) is 4.79 Å². The number of carbonyl (C=O) groups is 1. The molecule has 1 aliphatic rings. The van der Waals surface area contributed by atoms with Crippen molar-refractivity contribution in [2.75, 3.05) is 13.2 Å². The number of hydrogen-bond donors (Lipinski definition) is 2. The fourth-order valence-corrected chi connectivity index (χ4v) is 3.38. The number of nitrogens with one attached hydrogen (secondary N) is 2. The summed E-state index contributed by atoms with van der Waals surface area (Å²) in [6.45, 7) is 3.66. The third kappa shape index (κ3) is 3.88. The zero-order chi connectivity index (χ0) is 14.8. The molecule has 0 aliphatic carbocycles. The van der Waals surface area contributed by atoms with Gasteiger partial charge in [0, 0.05) is 11.6 Å². The smallest absolute Gasteiger partial charge is 0.240 e. The van der Waals surface area contributed by atoms with E-state index >= 15 is 0 Å². The molecule has 2 N–H and O–H groups in total. The molecule has 0 saturated carbocycles. The van der Waals surface area contributed by atoms with E-state index in [0.717, 1.165) is 15.2 Å². The lowest BCUT2D eigenvalue weighted by atomic mass is 10.1. The van der Waals surface area contributed by atoms with Crippen LogP contribution in [0.25, 0.3) is 10.2 Å². The summed E-state index contributed by atoms with van der Waals surface area (Å²) in [7, 11) is 0. The summed E-state index contributed by atoms with van der Waals surface area (Å²) in [6, 6.07) is 5.31. The Morgan fingerprint density at radius 2 is 2.41 bits per heavy atom. The average molecular weight is 362 g/mol. The van der Waals surface area contributed by atoms with E-state index in [1.807, 2.05) is 25.1 Å². The minimum atomic E-state index is -0.303. The zero-order valence-corrected chi connectivity index (χ0v) is 14.4. The Morgan fingerprint density at radius 1 is 1.59 bits per heavy atom. The number of nitrogens with zero attached hydrogens (tertiary/aromatic N) is 1. The van der Waals surface area contributed by atoms with E-state index in [9.17, 15) is 4.79 Å². The first-order valence-electron chi connectivity index (χ1n) is 6.81. The Balaban J connectivity index is 0.00000176. The molecular formula is C14H17Cl2N3O2S. The Morgan fingerprint density at radius 3 is 3.18 bits per heavy atom. The number of fused-ring (bicyclic) bond motifs is 1. The second-order valence-electron chi connectivity index (χ2n) is 4.95. The summed E-state index contributed by atoms with van der Waals surface area (Å²) >= 11 is 7.51. The average Bonchev–Trinajstić information content (AvgIpc) is 2.87. The summed E-state index contributed by atoms with van der Waals surface area (Å²) in [4.78, 5) is 16.6. The number of benzene rings is 1. The van der Waals surface area contributed by atoms with Crippen LogP contribution in [0, 0.1) is 0 Å². The van der Waals surface area contributed by atoms with Gasteiger partial charge in [-0.1, -0.05) is 11.6 Å². The highest BCUT2D eigenvalue weighted by atomic mass is 35.5. The highest BCUT2D eigenvalue weighted by Crippen LogP contribution is 2.24. The van der Waals surface area contributed by atoms with Gasteiger partial charge in [-0.15, -0.1) is 23.7 Å². The first kappa shape index (κ1) is 17.4. The molecule has 1 aromatic heterocycles. The van der Waals surface area contributed by atoms with Crippen LogP contribution in [-0.2, 0) is 16.1 Å². The third-order valence-corrected chi connectivity index (χ3v) is 4.68. The maximum atomic E-state index is 12.2. The van der Waals surface area contributed by atoms with Crippen LogP contribution in [0.3, 0.4) is 0 Å². The highest BCUT2D eigenvalue weighted by Gasteiger charge is 2.28. The van der Waals surface area contributed by atoms with Crippen LogP contribution in [0.1, 0.15) is 11.9 Å². The Kier molecular flexibility index (Phi) is 6.00. The van der Waals surface area contributed by atoms with Gasteiger partial charge in [-0.25, -0.2) is 4.98 Å². The summed E-state index contributed by atoms with van der Waals surface area (Å²) in [5.41, 5.74) is 0.865. The van der Waals surface area contributed by atoms with E-state index in [4.69, 9.17) is 16.3 Å². The zero-order valence-electron chi connectivity index (χ0n) is 12.0. The Hall–Kier alpha value is -0.920. The number of rotatable bonds is 3. The number of carbonyl (C=O) groups excluding carboxylic acids is 1. The van der Waals surface area contributed by atoms with Crippen molar-refractivity contribution in [3.63, 3.8) is 0 Å². The lowest BCUT2D eigenvalue weighted by Crippen LogP contribution is -2.55. The summed E-state index contributed by atoms with van der Waals surface area (Å²) < 4.78 is 6.54. The number of halogens is 2. The molecule has 8 heteroatoms. The van der Waals surface area contributed by atoms with Crippen molar-refractivity contribution in [2.24, 2.45) is 0 Å². The monoisotopic (exact) mass is 361 g/mol. The summed E-state index contributed by atoms with van der Waals surface area (Å²) in [5, 5.41) is 7.61. The molecule has 0 unspecified atom stereocenters. The number of thiazole rings is 1. The third-order valence-electron chi connectivity index (χ3n) is 3.41. The maximum Gasteiger partial charge on any atom is 0.240 e. The quantitative estimate of drug-likeness (QED) is 0.880. The van der Waals surface area contributed by atoms with Crippen LogP contribution in [0.2, 0.25) is 5.02 Å². The molecule has 5 nitrogen and oxygen atoms in total. The molecule has 0 radical (unpaired) electrons. The van der Waals surface area contributed by atoms with Gasteiger partial charge >= 0.3 is 0 Å². The number of morpholine rings is 1. The van der Waals surface area contributed by atoms with Gasteiger partial charge in [0.05, 0.1) is 29.5 Å². The normalized spacial score (nSPS) is 21.4. The molecule has 1 saturated heterocycles. The fourth-order valence-electron chi connectivity index (χ4n) is 2.32. The van der Waals surface area contributed by atoms with E-state index in [1.54, 1.807) is 11.3 Å². The molecule has 0 bridgehead atoms. The molecule has 1 aromatic carbocycles. The Labute approximate surface area is 143 Å². The molecule has 1 amide bonds. The largest absolute Gasteiger partial charge is 0.375 e. The summed E-state index contributed by atoms with van der Waals surface area (Å²) in [5.74, 6) is -0.0560. The van der Waals surface area contributed by atoms with E-state index in [0.29, 0.717) is 24.7 Å². The molecular weight excluding hydrogens is 345 g/mol.